The van der Waals surface area contributed by atoms with Crippen LogP contribution in [0.1, 0.15) is 38.8 Å². The summed E-state index contributed by atoms with van der Waals surface area (Å²) in [6.07, 6.45) is 0.543. The quantitative estimate of drug-likeness (QED) is 0.484. The Balaban J connectivity index is 1.66. The second kappa shape index (κ2) is 8.75. The van der Waals surface area contributed by atoms with Gasteiger partial charge < -0.3 is 9.47 Å². The summed E-state index contributed by atoms with van der Waals surface area (Å²) in [5.41, 5.74) is 2.97. The van der Waals surface area contributed by atoms with Gasteiger partial charge in [0.2, 0.25) is 10.0 Å². The Morgan fingerprint density at radius 3 is 2.62 bits per heavy atom. The molecule has 0 atom stereocenters. The molecule has 0 saturated heterocycles. The number of ether oxygens (including phenoxy) is 2. The molecule has 8 heteroatoms. The highest BCUT2D eigenvalue weighted by Crippen LogP contribution is 2.31. The maximum absolute atomic E-state index is 12.5. The number of ketones is 1. The standard InChI is InChI=1S/C21H23NO6S/c1-3-29(25,26)22-10-9-16-12-17(7-8-19(16)22)20(23)14-28-21(24)18-6-4-5-15(11-18)13-27-2/h4-8,11-12H,3,9-10,13-14H2,1-2H3. The minimum Gasteiger partial charge on any atom is -0.454 e. The van der Waals surface area contributed by atoms with Gasteiger partial charge in [0.05, 0.1) is 23.6 Å². The summed E-state index contributed by atoms with van der Waals surface area (Å²) >= 11 is 0. The number of methoxy groups -OCH3 is 1. The number of nitrogens with zero attached hydrogens (tertiary/aromatic N) is 1. The minimum atomic E-state index is -3.33. The van der Waals surface area contributed by atoms with E-state index in [0.29, 0.717) is 36.4 Å². The lowest BCUT2D eigenvalue weighted by atomic mass is 10.1. The average Bonchev–Trinajstić information content (AvgIpc) is 3.16. The fourth-order valence-electron chi connectivity index (χ4n) is 3.24. The van der Waals surface area contributed by atoms with E-state index in [1.165, 1.54) is 4.31 Å². The van der Waals surface area contributed by atoms with Gasteiger partial charge in [0.25, 0.3) is 0 Å². The molecule has 7 nitrogen and oxygen atoms in total. The van der Waals surface area contributed by atoms with Crippen LogP contribution >= 0.6 is 0 Å². The van der Waals surface area contributed by atoms with Gasteiger partial charge in [-0.3, -0.25) is 9.10 Å². The lowest BCUT2D eigenvalue weighted by molar-refractivity contribution is 0.0474. The summed E-state index contributed by atoms with van der Waals surface area (Å²) in [5, 5.41) is 0. The Hall–Kier alpha value is -2.71. The van der Waals surface area contributed by atoms with E-state index < -0.39 is 16.0 Å². The van der Waals surface area contributed by atoms with Crippen molar-refractivity contribution in [3.8, 4) is 0 Å². The first-order valence-corrected chi connectivity index (χ1v) is 10.9. The topological polar surface area (TPSA) is 90.0 Å². The molecule has 0 radical (unpaired) electrons. The van der Waals surface area contributed by atoms with Gasteiger partial charge in [-0.2, -0.15) is 0 Å². The summed E-state index contributed by atoms with van der Waals surface area (Å²) in [4.78, 5) is 24.7. The van der Waals surface area contributed by atoms with Crippen LogP contribution in [0, 0.1) is 0 Å². The van der Waals surface area contributed by atoms with Crippen LogP contribution in [0.2, 0.25) is 0 Å². The molecule has 1 aliphatic rings. The van der Waals surface area contributed by atoms with Gasteiger partial charge in [-0.1, -0.05) is 12.1 Å². The number of anilines is 1. The van der Waals surface area contributed by atoms with Gasteiger partial charge in [0, 0.05) is 19.2 Å². The Morgan fingerprint density at radius 1 is 1.10 bits per heavy atom. The highest BCUT2D eigenvalue weighted by Gasteiger charge is 2.28. The van der Waals surface area contributed by atoms with Crippen molar-refractivity contribution < 1.29 is 27.5 Å². The predicted molar refractivity (Wildman–Crippen MR) is 109 cm³/mol. The molecule has 1 heterocycles. The fourth-order valence-corrected chi connectivity index (χ4v) is 4.40. The Labute approximate surface area is 170 Å². The van der Waals surface area contributed by atoms with Crippen LogP contribution < -0.4 is 4.31 Å². The van der Waals surface area contributed by atoms with Crippen molar-refractivity contribution in [3.63, 3.8) is 0 Å². The third kappa shape index (κ3) is 4.65. The van der Waals surface area contributed by atoms with Gasteiger partial charge >= 0.3 is 5.97 Å². The summed E-state index contributed by atoms with van der Waals surface area (Å²) in [7, 11) is -1.77. The molecular formula is C21H23NO6S. The predicted octanol–water partition coefficient (Wildman–Crippen LogP) is 2.58. The second-order valence-electron chi connectivity index (χ2n) is 6.70. The molecule has 2 aromatic carbocycles. The Bertz CT molecular complexity index is 1030. The number of rotatable bonds is 8. The van der Waals surface area contributed by atoms with Gasteiger partial charge in [0.15, 0.2) is 12.4 Å². The van der Waals surface area contributed by atoms with E-state index in [1.807, 2.05) is 6.07 Å². The summed E-state index contributed by atoms with van der Waals surface area (Å²) < 4.78 is 35.9. The molecule has 0 amide bonds. The van der Waals surface area contributed by atoms with Crippen molar-refractivity contribution in [3.05, 3.63) is 64.7 Å². The van der Waals surface area contributed by atoms with Crippen molar-refractivity contribution in [1.82, 2.24) is 0 Å². The molecule has 0 aliphatic carbocycles. The highest BCUT2D eigenvalue weighted by molar-refractivity contribution is 7.92. The highest BCUT2D eigenvalue weighted by atomic mass is 32.2. The molecule has 0 N–H and O–H groups in total. The van der Waals surface area contributed by atoms with Crippen molar-refractivity contribution in [2.45, 2.75) is 20.0 Å². The molecule has 0 unspecified atom stereocenters. The largest absolute Gasteiger partial charge is 0.454 e. The lowest BCUT2D eigenvalue weighted by Gasteiger charge is -2.18. The Kier molecular flexibility index (Phi) is 6.34. The maximum atomic E-state index is 12.5. The smallest absolute Gasteiger partial charge is 0.338 e. The maximum Gasteiger partial charge on any atom is 0.338 e. The zero-order valence-corrected chi connectivity index (χ0v) is 17.2. The number of Topliss-reactive ketones (excluding diaryl/α,β-unsaturated/α-hetero) is 1. The summed E-state index contributed by atoms with van der Waals surface area (Å²) in [5.74, 6) is -0.905. The molecule has 0 aromatic heterocycles. The van der Waals surface area contributed by atoms with E-state index in [2.05, 4.69) is 0 Å². The summed E-state index contributed by atoms with van der Waals surface area (Å²) in [6.45, 7) is 1.96. The first-order valence-electron chi connectivity index (χ1n) is 9.27. The van der Waals surface area contributed by atoms with E-state index in [-0.39, 0.29) is 18.1 Å². The van der Waals surface area contributed by atoms with Crippen LogP contribution in [0.5, 0.6) is 0 Å². The number of sulfonamides is 1. The molecule has 0 bridgehead atoms. The minimum absolute atomic E-state index is 0.0225. The Morgan fingerprint density at radius 2 is 1.90 bits per heavy atom. The third-order valence-corrected chi connectivity index (χ3v) is 6.54. The van der Waals surface area contributed by atoms with E-state index in [0.717, 1.165) is 11.1 Å². The molecule has 29 heavy (non-hydrogen) atoms. The molecule has 0 saturated carbocycles. The molecule has 0 spiro atoms. The van der Waals surface area contributed by atoms with Crippen LogP contribution in [-0.2, 0) is 32.5 Å². The third-order valence-electron chi connectivity index (χ3n) is 4.76. The van der Waals surface area contributed by atoms with Gasteiger partial charge in [-0.25, -0.2) is 13.2 Å². The van der Waals surface area contributed by atoms with Crippen molar-refractivity contribution >= 4 is 27.5 Å². The number of esters is 1. The van der Waals surface area contributed by atoms with Crippen LogP contribution in [-0.4, -0.2) is 46.2 Å². The van der Waals surface area contributed by atoms with E-state index in [4.69, 9.17) is 9.47 Å². The zero-order chi connectivity index (χ0) is 21.0. The van der Waals surface area contributed by atoms with Crippen molar-refractivity contribution in [2.24, 2.45) is 0 Å². The number of carbonyl (C=O) groups excluding carboxylic acids is 2. The van der Waals surface area contributed by atoms with Crippen LogP contribution in [0.25, 0.3) is 0 Å². The van der Waals surface area contributed by atoms with Crippen molar-refractivity contribution in [1.29, 1.82) is 0 Å². The molecule has 2 aromatic rings. The molecule has 1 aliphatic heterocycles. The fraction of sp³-hybridized carbons (Fsp3) is 0.333. The zero-order valence-electron chi connectivity index (χ0n) is 16.4. The van der Waals surface area contributed by atoms with E-state index in [1.54, 1.807) is 50.4 Å². The first kappa shape index (κ1) is 21.0. The number of carbonyl (C=O) groups is 2. The van der Waals surface area contributed by atoms with Gasteiger partial charge in [-0.05, 0) is 54.8 Å². The second-order valence-corrected chi connectivity index (χ2v) is 8.88. The van der Waals surface area contributed by atoms with E-state index >= 15 is 0 Å². The van der Waals surface area contributed by atoms with E-state index in [9.17, 15) is 18.0 Å². The summed E-state index contributed by atoms with van der Waals surface area (Å²) in [6, 6.07) is 11.7. The lowest BCUT2D eigenvalue weighted by Crippen LogP contribution is -2.30. The normalized spacial score (nSPS) is 13.2. The van der Waals surface area contributed by atoms with Crippen molar-refractivity contribution in [2.75, 3.05) is 30.3 Å². The first-order chi connectivity index (χ1) is 13.9. The SMILES string of the molecule is CCS(=O)(=O)N1CCc2cc(C(=O)COC(=O)c3cccc(COC)c3)ccc21. The van der Waals surface area contributed by atoms with Crippen LogP contribution in [0.15, 0.2) is 42.5 Å². The molecule has 0 fully saturated rings. The molecule has 3 rings (SSSR count). The monoisotopic (exact) mass is 417 g/mol. The average molecular weight is 417 g/mol. The van der Waals surface area contributed by atoms with Crippen LogP contribution in [0.3, 0.4) is 0 Å². The number of benzene rings is 2. The number of hydrogen-bond donors (Lipinski definition) is 0. The van der Waals surface area contributed by atoms with Gasteiger partial charge in [-0.15, -0.1) is 0 Å². The van der Waals surface area contributed by atoms with Crippen LogP contribution in [0.4, 0.5) is 5.69 Å². The molecular weight excluding hydrogens is 394 g/mol. The van der Waals surface area contributed by atoms with Gasteiger partial charge in [0.1, 0.15) is 0 Å². The number of fused-ring (bicyclic) bond motifs is 1. The molecule has 154 valence electrons. The number of hydrogen-bond acceptors (Lipinski definition) is 6.